The number of esters is 1. The second-order valence-electron chi connectivity index (χ2n) is 10.8. The van der Waals surface area contributed by atoms with Crippen molar-refractivity contribution in [2.45, 2.75) is 47.5 Å². The zero-order chi connectivity index (χ0) is 25.7. The number of rotatable bonds is 7. The maximum absolute atomic E-state index is 13.2. The molecule has 0 unspecified atom stereocenters. The molecule has 5 nitrogen and oxygen atoms in total. The fourth-order valence-electron chi connectivity index (χ4n) is 4.42. The number of ether oxygens (including phenoxy) is 1. The Morgan fingerprint density at radius 2 is 1.56 bits per heavy atom. The van der Waals surface area contributed by atoms with Crippen LogP contribution in [0.15, 0.2) is 71.7 Å². The number of carbonyl (C=O) groups excluding carboxylic acids is 1. The molecule has 0 radical (unpaired) electrons. The van der Waals surface area contributed by atoms with E-state index in [4.69, 9.17) is 14.7 Å². The van der Waals surface area contributed by atoms with E-state index >= 15 is 0 Å². The maximum atomic E-state index is 13.2. The Hall–Kier alpha value is -3.47. The van der Waals surface area contributed by atoms with Crippen molar-refractivity contribution >= 4 is 23.3 Å². The molecule has 0 bridgehead atoms. The van der Waals surface area contributed by atoms with E-state index in [0.29, 0.717) is 23.8 Å². The van der Waals surface area contributed by atoms with Gasteiger partial charge in [-0.15, -0.1) is 0 Å². The van der Waals surface area contributed by atoms with E-state index in [-0.39, 0.29) is 17.3 Å². The van der Waals surface area contributed by atoms with Gasteiger partial charge in [0.2, 0.25) is 0 Å². The summed E-state index contributed by atoms with van der Waals surface area (Å²) in [5, 5.41) is 0. The summed E-state index contributed by atoms with van der Waals surface area (Å²) >= 11 is 0. The summed E-state index contributed by atoms with van der Waals surface area (Å²) in [6.07, 6.45) is 2.09. The van der Waals surface area contributed by atoms with Gasteiger partial charge in [0.1, 0.15) is 11.4 Å². The minimum atomic E-state index is -0.310. The first-order valence-corrected chi connectivity index (χ1v) is 12.9. The molecule has 0 spiro atoms. The van der Waals surface area contributed by atoms with Crippen LogP contribution in [0.4, 0.5) is 11.6 Å². The highest BCUT2D eigenvalue weighted by Gasteiger charge is 2.30. The first-order chi connectivity index (χ1) is 17.2. The van der Waals surface area contributed by atoms with E-state index in [1.54, 1.807) is 0 Å². The average molecular weight is 484 g/mol. The third-order valence-corrected chi connectivity index (χ3v) is 6.67. The number of aromatic nitrogens is 1. The van der Waals surface area contributed by atoms with E-state index in [9.17, 15) is 4.79 Å². The SMILES string of the molecule is Cc1cc(N=C(c2ccccc2)c2ccccc2)nc(N2CCC(C)(C)CC2)c1C(=O)OCC(C)C. The molecule has 4 rings (SSSR count). The summed E-state index contributed by atoms with van der Waals surface area (Å²) in [7, 11) is 0. The topological polar surface area (TPSA) is 54.8 Å². The molecule has 188 valence electrons. The molecule has 1 saturated heterocycles. The normalized spacial score (nSPS) is 15.0. The lowest BCUT2D eigenvalue weighted by Crippen LogP contribution is -2.38. The number of carbonyl (C=O) groups is 1. The van der Waals surface area contributed by atoms with Crippen LogP contribution in [0.25, 0.3) is 0 Å². The van der Waals surface area contributed by atoms with Gasteiger partial charge in [0, 0.05) is 24.2 Å². The molecular weight excluding hydrogens is 446 g/mol. The molecule has 0 N–H and O–H groups in total. The standard InChI is InChI=1S/C31H37N3O2/c1-22(2)21-36-30(35)27-23(3)20-26(33-29(27)34-18-16-31(4,5)17-19-34)32-28(24-12-8-6-9-13-24)25-14-10-7-11-15-25/h6-15,20,22H,16-19,21H2,1-5H3. The quantitative estimate of drug-likeness (QED) is 0.268. The molecule has 1 aromatic heterocycles. The Balaban J connectivity index is 1.81. The zero-order valence-corrected chi connectivity index (χ0v) is 22.1. The van der Waals surface area contributed by atoms with Crippen LogP contribution in [0.1, 0.15) is 67.6 Å². The Morgan fingerprint density at radius 3 is 2.08 bits per heavy atom. The summed E-state index contributed by atoms with van der Waals surface area (Å²) in [6.45, 7) is 12.7. The molecule has 5 heteroatoms. The Labute approximate surface area is 215 Å². The Kier molecular flexibility index (Phi) is 7.88. The molecule has 3 aromatic rings. The highest BCUT2D eigenvalue weighted by molar-refractivity contribution is 6.13. The minimum Gasteiger partial charge on any atom is -0.462 e. The van der Waals surface area contributed by atoms with E-state index < -0.39 is 0 Å². The molecular formula is C31H37N3O2. The van der Waals surface area contributed by atoms with Gasteiger partial charge in [0.15, 0.2) is 5.82 Å². The predicted molar refractivity (Wildman–Crippen MR) is 148 cm³/mol. The molecule has 2 heterocycles. The molecule has 1 fully saturated rings. The lowest BCUT2D eigenvalue weighted by Gasteiger charge is -2.38. The Bertz CT molecular complexity index is 1170. The number of nitrogens with zero attached hydrogens (tertiary/aromatic N) is 3. The van der Waals surface area contributed by atoms with Crippen molar-refractivity contribution in [3.05, 3.63) is 89.0 Å². The third-order valence-electron chi connectivity index (χ3n) is 6.67. The molecule has 0 aliphatic carbocycles. The van der Waals surface area contributed by atoms with Crippen LogP contribution in [0, 0.1) is 18.3 Å². The molecule has 0 amide bonds. The number of benzene rings is 2. The molecule has 2 aromatic carbocycles. The number of hydrogen-bond acceptors (Lipinski definition) is 5. The monoisotopic (exact) mass is 483 g/mol. The molecule has 0 atom stereocenters. The van der Waals surface area contributed by atoms with Crippen LogP contribution in [0.5, 0.6) is 0 Å². The number of piperidine rings is 1. The van der Waals surface area contributed by atoms with Crippen LogP contribution in [0.3, 0.4) is 0 Å². The fourth-order valence-corrected chi connectivity index (χ4v) is 4.42. The largest absolute Gasteiger partial charge is 0.462 e. The fraction of sp³-hybridized carbons (Fsp3) is 0.387. The van der Waals surface area contributed by atoms with Gasteiger partial charge >= 0.3 is 5.97 Å². The number of pyridine rings is 1. The van der Waals surface area contributed by atoms with Crippen LogP contribution in [-0.2, 0) is 4.74 Å². The second kappa shape index (κ2) is 11.1. The summed E-state index contributed by atoms with van der Waals surface area (Å²) < 4.78 is 5.66. The minimum absolute atomic E-state index is 0.268. The van der Waals surface area contributed by atoms with Gasteiger partial charge in [-0.2, -0.15) is 0 Å². The summed E-state index contributed by atoms with van der Waals surface area (Å²) in [4.78, 5) is 25.5. The van der Waals surface area contributed by atoms with Crippen molar-refractivity contribution in [2.75, 3.05) is 24.6 Å². The maximum Gasteiger partial charge on any atom is 0.342 e. The number of hydrogen-bond donors (Lipinski definition) is 0. The lowest BCUT2D eigenvalue weighted by molar-refractivity contribution is 0.0458. The second-order valence-corrected chi connectivity index (χ2v) is 10.8. The number of anilines is 1. The summed E-state index contributed by atoms with van der Waals surface area (Å²) in [6, 6.07) is 22.2. The van der Waals surface area contributed by atoms with Crippen molar-refractivity contribution in [1.82, 2.24) is 4.98 Å². The van der Waals surface area contributed by atoms with Crippen molar-refractivity contribution < 1.29 is 9.53 Å². The highest BCUT2D eigenvalue weighted by atomic mass is 16.5. The molecule has 1 aliphatic heterocycles. The highest BCUT2D eigenvalue weighted by Crippen LogP contribution is 2.35. The summed E-state index contributed by atoms with van der Waals surface area (Å²) in [5.74, 6) is 1.23. The number of aryl methyl sites for hydroxylation is 1. The summed E-state index contributed by atoms with van der Waals surface area (Å²) in [5.41, 5.74) is 4.56. The lowest BCUT2D eigenvalue weighted by atomic mass is 9.82. The van der Waals surface area contributed by atoms with Crippen LogP contribution in [-0.4, -0.2) is 36.4 Å². The predicted octanol–water partition coefficient (Wildman–Crippen LogP) is 7.00. The van der Waals surface area contributed by atoms with Crippen molar-refractivity contribution in [1.29, 1.82) is 0 Å². The van der Waals surface area contributed by atoms with Gasteiger partial charge in [-0.25, -0.2) is 14.8 Å². The third kappa shape index (κ3) is 6.20. The van der Waals surface area contributed by atoms with E-state index in [2.05, 4.69) is 43.0 Å². The van der Waals surface area contributed by atoms with E-state index in [1.165, 1.54) is 0 Å². The molecule has 36 heavy (non-hydrogen) atoms. The zero-order valence-electron chi connectivity index (χ0n) is 22.1. The smallest absolute Gasteiger partial charge is 0.342 e. The van der Waals surface area contributed by atoms with Crippen LogP contribution in [0.2, 0.25) is 0 Å². The van der Waals surface area contributed by atoms with Crippen LogP contribution >= 0.6 is 0 Å². The average Bonchev–Trinajstić information content (AvgIpc) is 2.86. The van der Waals surface area contributed by atoms with Crippen molar-refractivity contribution in [3.8, 4) is 0 Å². The van der Waals surface area contributed by atoms with Gasteiger partial charge in [0.05, 0.1) is 12.3 Å². The van der Waals surface area contributed by atoms with E-state index in [0.717, 1.165) is 48.3 Å². The van der Waals surface area contributed by atoms with E-state index in [1.807, 2.05) is 63.2 Å². The van der Waals surface area contributed by atoms with Crippen LogP contribution < -0.4 is 4.90 Å². The first kappa shape index (κ1) is 25.6. The van der Waals surface area contributed by atoms with Crippen molar-refractivity contribution in [2.24, 2.45) is 16.3 Å². The molecule has 1 aliphatic rings. The van der Waals surface area contributed by atoms with Gasteiger partial charge in [-0.05, 0) is 42.7 Å². The molecule has 0 saturated carbocycles. The van der Waals surface area contributed by atoms with Gasteiger partial charge in [-0.1, -0.05) is 88.4 Å². The van der Waals surface area contributed by atoms with Gasteiger partial charge in [0.25, 0.3) is 0 Å². The number of aliphatic imine (C=N–C) groups is 1. The van der Waals surface area contributed by atoms with Gasteiger partial charge < -0.3 is 9.64 Å². The van der Waals surface area contributed by atoms with Crippen molar-refractivity contribution in [3.63, 3.8) is 0 Å². The first-order valence-electron chi connectivity index (χ1n) is 12.9. The Morgan fingerprint density at radius 1 is 1.00 bits per heavy atom. The van der Waals surface area contributed by atoms with Gasteiger partial charge in [-0.3, -0.25) is 0 Å².